The van der Waals surface area contributed by atoms with E-state index in [9.17, 15) is 14.9 Å². The Kier molecular flexibility index (Phi) is 6.36. The summed E-state index contributed by atoms with van der Waals surface area (Å²) in [5.74, 6) is 0.359. The second-order valence-corrected chi connectivity index (χ2v) is 7.30. The first kappa shape index (κ1) is 19.9. The largest absolute Gasteiger partial charge is 0.477 e. The molecule has 0 atom stereocenters. The van der Waals surface area contributed by atoms with Crippen molar-refractivity contribution >= 4 is 34.6 Å². The number of carbonyl (C=O) groups excluding carboxylic acids is 1. The van der Waals surface area contributed by atoms with Gasteiger partial charge in [0.2, 0.25) is 0 Å². The lowest BCUT2D eigenvalue weighted by atomic mass is 9.99. The Hall–Kier alpha value is -2.80. The number of nitrogens with zero attached hydrogens (tertiary/aromatic N) is 2. The van der Waals surface area contributed by atoms with Gasteiger partial charge in [0, 0.05) is 24.8 Å². The van der Waals surface area contributed by atoms with Gasteiger partial charge in [-0.25, -0.2) is 0 Å². The molecular formula is C20H22ClN3O4. The number of halogens is 1. The van der Waals surface area contributed by atoms with Crippen LogP contribution in [0.2, 0.25) is 5.02 Å². The first-order chi connectivity index (χ1) is 13.4. The fourth-order valence-corrected chi connectivity index (χ4v) is 3.46. The molecule has 0 unspecified atom stereocenters. The molecule has 1 heterocycles. The minimum absolute atomic E-state index is 0.0513. The van der Waals surface area contributed by atoms with Crippen LogP contribution in [0.4, 0.5) is 17.1 Å². The molecule has 1 saturated heterocycles. The molecule has 1 aliphatic rings. The molecule has 0 radical (unpaired) electrons. The standard InChI is InChI=1S/C20H22ClN3O4/c1-14-8-10-23(11-9-14)17-7-6-15(12-16(17)21)22-20(25)13-28-19-5-3-2-4-18(19)24(26)27/h2-7,12,14H,8-11,13H2,1H3,(H,22,25). The van der Waals surface area contributed by atoms with Gasteiger partial charge in [0.1, 0.15) is 0 Å². The number of benzene rings is 2. The highest BCUT2D eigenvalue weighted by molar-refractivity contribution is 6.33. The second kappa shape index (κ2) is 8.93. The molecule has 28 heavy (non-hydrogen) atoms. The van der Waals surface area contributed by atoms with Crippen LogP contribution >= 0.6 is 11.6 Å². The van der Waals surface area contributed by atoms with Crippen molar-refractivity contribution in [2.45, 2.75) is 19.8 Å². The monoisotopic (exact) mass is 403 g/mol. The molecule has 0 bridgehead atoms. The van der Waals surface area contributed by atoms with Crippen LogP contribution in [0, 0.1) is 16.0 Å². The summed E-state index contributed by atoms with van der Waals surface area (Å²) in [4.78, 5) is 24.8. The summed E-state index contributed by atoms with van der Waals surface area (Å²) in [7, 11) is 0. The van der Waals surface area contributed by atoms with Gasteiger partial charge in [0.15, 0.2) is 12.4 Å². The van der Waals surface area contributed by atoms with E-state index in [2.05, 4.69) is 17.1 Å². The lowest BCUT2D eigenvalue weighted by Crippen LogP contribution is -2.32. The Morgan fingerprint density at radius 1 is 1.29 bits per heavy atom. The maximum Gasteiger partial charge on any atom is 0.310 e. The van der Waals surface area contributed by atoms with E-state index in [-0.39, 0.29) is 18.0 Å². The molecule has 2 aromatic carbocycles. The minimum atomic E-state index is -0.549. The molecule has 0 aromatic heterocycles. The minimum Gasteiger partial charge on any atom is -0.477 e. The summed E-state index contributed by atoms with van der Waals surface area (Å²) in [5.41, 5.74) is 1.33. The Balaban J connectivity index is 1.59. The van der Waals surface area contributed by atoms with Crippen LogP contribution in [-0.2, 0) is 4.79 Å². The first-order valence-corrected chi connectivity index (χ1v) is 9.52. The van der Waals surface area contributed by atoms with Gasteiger partial charge < -0.3 is 15.0 Å². The molecule has 148 valence electrons. The maximum absolute atomic E-state index is 12.1. The molecule has 1 aliphatic heterocycles. The quantitative estimate of drug-likeness (QED) is 0.567. The van der Waals surface area contributed by atoms with Crippen LogP contribution in [0.25, 0.3) is 0 Å². The number of hydrogen-bond donors (Lipinski definition) is 1. The number of ether oxygens (including phenoxy) is 1. The predicted molar refractivity (Wildman–Crippen MR) is 109 cm³/mol. The number of hydrogen-bond acceptors (Lipinski definition) is 5. The highest BCUT2D eigenvalue weighted by Gasteiger charge is 2.19. The van der Waals surface area contributed by atoms with Crippen molar-refractivity contribution in [3.8, 4) is 5.75 Å². The first-order valence-electron chi connectivity index (χ1n) is 9.14. The Morgan fingerprint density at radius 3 is 2.68 bits per heavy atom. The number of anilines is 2. The average Bonchev–Trinajstić information content (AvgIpc) is 2.67. The van der Waals surface area contributed by atoms with Crippen molar-refractivity contribution in [2.24, 2.45) is 5.92 Å². The van der Waals surface area contributed by atoms with Gasteiger partial charge in [-0.05, 0) is 43.0 Å². The van der Waals surface area contributed by atoms with Crippen LogP contribution in [0.1, 0.15) is 19.8 Å². The van der Waals surface area contributed by atoms with Crippen LogP contribution in [0.3, 0.4) is 0 Å². The van der Waals surface area contributed by atoms with Gasteiger partial charge in [-0.15, -0.1) is 0 Å². The summed E-state index contributed by atoms with van der Waals surface area (Å²) in [6, 6.07) is 11.3. The number of nitro groups is 1. The molecule has 1 fully saturated rings. The van der Waals surface area contributed by atoms with Crippen molar-refractivity contribution in [1.82, 2.24) is 0 Å². The molecule has 3 rings (SSSR count). The highest BCUT2D eigenvalue weighted by Crippen LogP contribution is 2.32. The van der Waals surface area contributed by atoms with Crippen LogP contribution < -0.4 is 15.0 Å². The third-order valence-corrected chi connectivity index (χ3v) is 5.08. The van der Waals surface area contributed by atoms with Gasteiger partial charge in [-0.1, -0.05) is 30.7 Å². The number of nitro benzene ring substituents is 1. The predicted octanol–water partition coefficient (Wildman–Crippen LogP) is 4.50. The number of amides is 1. The number of para-hydroxylation sites is 2. The van der Waals surface area contributed by atoms with Crippen LogP contribution in [0.15, 0.2) is 42.5 Å². The van der Waals surface area contributed by atoms with E-state index in [0.717, 1.165) is 37.5 Å². The highest BCUT2D eigenvalue weighted by atomic mass is 35.5. The fraction of sp³-hybridized carbons (Fsp3) is 0.350. The summed E-state index contributed by atoms with van der Waals surface area (Å²) in [5, 5.41) is 14.3. The molecule has 0 aliphatic carbocycles. The molecule has 0 spiro atoms. The van der Waals surface area contributed by atoms with Gasteiger partial charge >= 0.3 is 5.69 Å². The fourth-order valence-electron chi connectivity index (χ4n) is 3.16. The summed E-state index contributed by atoms with van der Waals surface area (Å²) in [6.07, 6.45) is 2.27. The third kappa shape index (κ3) is 4.92. The molecule has 1 N–H and O–H groups in total. The van der Waals surface area contributed by atoms with Crippen molar-refractivity contribution in [1.29, 1.82) is 0 Å². The van der Waals surface area contributed by atoms with Gasteiger partial charge in [0.05, 0.1) is 15.6 Å². The Labute approximate surface area is 168 Å². The van der Waals surface area contributed by atoms with Crippen molar-refractivity contribution in [3.63, 3.8) is 0 Å². The lowest BCUT2D eigenvalue weighted by molar-refractivity contribution is -0.385. The second-order valence-electron chi connectivity index (χ2n) is 6.90. The molecule has 7 nitrogen and oxygen atoms in total. The molecule has 2 aromatic rings. The normalized spacial score (nSPS) is 14.6. The van der Waals surface area contributed by atoms with E-state index in [1.807, 2.05) is 6.07 Å². The number of carbonyl (C=O) groups is 1. The molecule has 0 saturated carbocycles. The SMILES string of the molecule is CC1CCN(c2ccc(NC(=O)COc3ccccc3[N+](=O)[O-])cc2Cl)CC1. The number of piperidine rings is 1. The smallest absolute Gasteiger partial charge is 0.310 e. The summed E-state index contributed by atoms with van der Waals surface area (Å²) >= 11 is 6.41. The number of nitrogens with one attached hydrogen (secondary N) is 1. The van der Waals surface area contributed by atoms with Gasteiger partial charge in [-0.3, -0.25) is 14.9 Å². The van der Waals surface area contributed by atoms with E-state index in [4.69, 9.17) is 16.3 Å². The third-order valence-electron chi connectivity index (χ3n) is 4.78. The molecular weight excluding hydrogens is 382 g/mol. The number of rotatable bonds is 6. The zero-order chi connectivity index (χ0) is 20.1. The molecule has 1 amide bonds. The van der Waals surface area contributed by atoms with E-state index in [1.165, 1.54) is 18.2 Å². The Morgan fingerprint density at radius 2 is 2.00 bits per heavy atom. The van der Waals surface area contributed by atoms with Crippen molar-refractivity contribution in [2.75, 3.05) is 29.9 Å². The van der Waals surface area contributed by atoms with Crippen LogP contribution in [-0.4, -0.2) is 30.5 Å². The zero-order valence-corrected chi connectivity index (χ0v) is 16.3. The lowest BCUT2D eigenvalue weighted by Gasteiger charge is -2.32. The molecule has 8 heteroatoms. The van der Waals surface area contributed by atoms with Gasteiger partial charge in [0.25, 0.3) is 5.91 Å². The van der Waals surface area contributed by atoms with Gasteiger partial charge in [-0.2, -0.15) is 0 Å². The average molecular weight is 404 g/mol. The topological polar surface area (TPSA) is 84.7 Å². The van der Waals surface area contributed by atoms with Crippen LogP contribution in [0.5, 0.6) is 5.75 Å². The Bertz CT molecular complexity index is 866. The van der Waals surface area contributed by atoms with Crippen molar-refractivity contribution in [3.05, 3.63) is 57.6 Å². The maximum atomic E-state index is 12.1. The van der Waals surface area contributed by atoms with E-state index in [1.54, 1.807) is 18.2 Å². The summed E-state index contributed by atoms with van der Waals surface area (Å²) < 4.78 is 5.30. The summed E-state index contributed by atoms with van der Waals surface area (Å²) in [6.45, 7) is 3.85. The van der Waals surface area contributed by atoms with E-state index < -0.39 is 10.8 Å². The van der Waals surface area contributed by atoms with E-state index in [0.29, 0.717) is 10.7 Å². The van der Waals surface area contributed by atoms with Crippen molar-refractivity contribution < 1.29 is 14.5 Å². The van der Waals surface area contributed by atoms with E-state index >= 15 is 0 Å². The zero-order valence-electron chi connectivity index (χ0n) is 15.6.